The van der Waals surface area contributed by atoms with Gasteiger partial charge in [-0.1, -0.05) is 18.2 Å². The van der Waals surface area contributed by atoms with Crippen LogP contribution in [0.25, 0.3) is 0 Å². The van der Waals surface area contributed by atoms with Gasteiger partial charge in [-0.15, -0.1) is 0 Å². The van der Waals surface area contributed by atoms with Crippen molar-refractivity contribution in [3.8, 4) is 0 Å². The molecule has 0 saturated heterocycles. The van der Waals surface area contributed by atoms with E-state index in [0.717, 1.165) is 31.2 Å². The molecule has 6 nitrogen and oxygen atoms in total. The summed E-state index contributed by atoms with van der Waals surface area (Å²) >= 11 is 0. The summed E-state index contributed by atoms with van der Waals surface area (Å²) in [4.78, 5) is 0. The van der Waals surface area contributed by atoms with E-state index in [1.165, 1.54) is 0 Å². The third-order valence-corrected chi connectivity index (χ3v) is 2.13. The summed E-state index contributed by atoms with van der Waals surface area (Å²) in [6, 6.07) is 10.0. The fourth-order valence-electron chi connectivity index (χ4n) is 1.24. The van der Waals surface area contributed by atoms with Crippen molar-refractivity contribution >= 4 is 21.9 Å². The van der Waals surface area contributed by atoms with Gasteiger partial charge in [-0.3, -0.25) is 5.01 Å². The van der Waals surface area contributed by atoms with E-state index >= 15 is 0 Å². The highest BCUT2D eigenvalue weighted by atomic mass is 32.2. The maximum atomic E-state index is 9.41. The minimum absolute atomic E-state index is 0.266. The molecule has 7 heteroatoms. The highest BCUT2D eigenvalue weighted by molar-refractivity contribution is 7.88. The number of primary sulfonamides is 1. The molecule has 0 unspecified atom stereocenters. The Bertz CT molecular complexity index is 467. The fraction of sp³-hybridized carbons (Fsp3) is 0.462. The van der Waals surface area contributed by atoms with Crippen molar-refractivity contribution in [2.75, 3.05) is 24.9 Å². The van der Waals surface area contributed by atoms with E-state index in [1.807, 2.05) is 48.6 Å². The topological polar surface area (TPSA) is 96.0 Å². The van der Waals surface area contributed by atoms with Crippen LogP contribution in [-0.4, -0.2) is 39.6 Å². The molecule has 0 aliphatic heterocycles. The Morgan fingerprint density at radius 3 is 2.35 bits per heavy atom. The largest absolute Gasteiger partial charge is 0.396 e. The number of para-hydroxylation sites is 1. The number of hydrogen-bond donors (Lipinski definition) is 2. The number of sulfonamides is 1. The van der Waals surface area contributed by atoms with Gasteiger partial charge in [0.1, 0.15) is 0 Å². The van der Waals surface area contributed by atoms with E-state index in [1.54, 1.807) is 0 Å². The smallest absolute Gasteiger partial charge is 0.206 e. The zero-order chi connectivity index (χ0) is 15.4. The van der Waals surface area contributed by atoms with Crippen LogP contribution < -0.4 is 10.1 Å². The van der Waals surface area contributed by atoms with Crippen LogP contribution >= 0.6 is 0 Å². The minimum Gasteiger partial charge on any atom is -0.396 e. The molecular weight excluding hydrogens is 278 g/mol. The standard InChI is InChI=1S/C12H18N2O.CH5NO2S/c1-14(12-8-4-2-5-9-12)13-10-6-3-7-11-15;1-5(2,3)4/h2,4-5,8-10,15H,3,6-7,11H2,1H3;1H3,(H2,2,3,4). The summed E-state index contributed by atoms with van der Waals surface area (Å²) in [7, 11) is -1.24. The Morgan fingerprint density at radius 2 is 1.85 bits per heavy atom. The number of nitrogens with two attached hydrogens (primary N) is 1. The Morgan fingerprint density at radius 1 is 1.30 bits per heavy atom. The van der Waals surface area contributed by atoms with Crippen LogP contribution in [0.5, 0.6) is 0 Å². The summed E-state index contributed by atoms with van der Waals surface area (Å²) in [6.45, 7) is 0.266. The predicted octanol–water partition coefficient (Wildman–Crippen LogP) is 1.18. The average Bonchev–Trinajstić information content (AvgIpc) is 2.37. The molecule has 1 aromatic carbocycles. The van der Waals surface area contributed by atoms with Crippen molar-refractivity contribution in [2.24, 2.45) is 10.2 Å². The van der Waals surface area contributed by atoms with Gasteiger partial charge in [0, 0.05) is 19.9 Å². The highest BCUT2D eigenvalue weighted by Gasteiger charge is 1.94. The molecule has 0 radical (unpaired) electrons. The van der Waals surface area contributed by atoms with Crippen molar-refractivity contribution in [3.05, 3.63) is 30.3 Å². The van der Waals surface area contributed by atoms with Crippen LogP contribution in [0.4, 0.5) is 5.69 Å². The number of rotatable bonds is 6. The van der Waals surface area contributed by atoms with Gasteiger partial charge in [0.2, 0.25) is 10.0 Å². The average molecular weight is 301 g/mol. The molecule has 3 N–H and O–H groups in total. The van der Waals surface area contributed by atoms with E-state index in [4.69, 9.17) is 5.11 Å². The Kier molecular flexibility index (Phi) is 9.61. The molecule has 0 spiro atoms. The maximum absolute atomic E-state index is 9.41. The number of hydrogen-bond acceptors (Lipinski definition) is 5. The lowest BCUT2D eigenvalue weighted by molar-refractivity contribution is 0.286. The Balaban J connectivity index is 0.000000621. The number of unbranched alkanes of at least 4 members (excludes halogenated alkanes) is 2. The number of aliphatic hydroxyl groups excluding tert-OH is 1. The SMILES string of the molecule is CN(N=CCCCCO)c1ccccc1.CS(N)(=O)=O. The molecule has 0 bridgehead atoms. The third kappa shape index (κ3) is 13.0. The fourth-order valence-corrected chi connectivity index (χ4v) is 1.24. The zero-order valence-corrected chi connectivity index (χ0v) is 12.8. The minimum atomic E-state index is -3.17. The zero-order valence-electron chi connectivity index (χ0n) is 11.9. The van der Waals surface area contributed by atoms with Crippen molar-refractivity contribution in [2.45, 2.75) is 19.3 Å². The van der Waals surface area contributed by atoms with Gasteiger partial charge >= 0.3 is 0 Å². The summed E-state index contributed by atoms with van der Waals surface area (Å²) in [5.74, 6) is 0. The van der Waals surface area contributed by atoms with Gasteiger partial charge in [0.25, 0.3) is 0 Å². The predicted molar refractivity (Wildman–Crippen MR) is 83.3 cm³/mol. The van der Waals surface area contributed by atoms with Crippen LogP contribution in [0, 0.1) is 0 Å². The van der Waals surface area contributed by atoms with E-state index < -0.39 is 10.0 Å². The summed E-state index contributed by atoms with van der Waals surface area (Å²) in [6.07, 6.45) is 5.58. The molecule has 1 rings (SSSR count). The van der Waals surface area contributed by atoms with E-state index in [9.17, 15) is 8.42 Å². The molecule has 0 saturated carbocycles. The van der Waals surface area contributed by atoms with Crippen LogP contribution in [0.15, 0.2) is 35.4 Å². The second-order valence-electron chi connectivity index (χ2n) is 4.21. The maximum Gasteiger partial charge on any atom is 0.206 e. The van der Waals surface area contributed by atoms with Gasteiger partial charge in [-0.2, -0.15) is 5.10 Å². The quantitative estimate of drug-likeness (QED) is 0.468. The Labute approximate surface area is 121 Å². The number of benzene rings is 1. The summed E-state index contributed by atoms with van der Waals surface area (Å²) < 4.78 is 18.8. The van der Waals surface area contributed by atoms with Crippen LogP contribution in [0.2, 0.25) is 0 Å². The normalized spacial score (nSPS) is 11.0. The van der Waals surface area contributed by atoms with E-state index in [-0.39, 0.29) is 6.61 Å². The molecule has 1 aromatic rings. The van der Waals surface area contributed by atoms with Gasteiger partial charge in [0.05, 0.1) is 11.9 Å². The lowest BCUT2D eigenvalue weighted by atomic mass is 10.2. The first kappa shape index (κ1) is 18.6. The second-order valence-corrected chi connectivity index (χ2v) is 5.87. The van der Waals surface area contributed by atoms with E-state index in [0.29, 0.717) is 0 Å². The summed E-state index contributed by atoms with van der Waals surface area (Å²) in [5, 5.41) is 19.1. The lowest BCUT2D eigenvalue weighted by Crippen LogP contribution is -2.08. The van der Waals surface area contributed by atoms with Gasteiger partial charge in [-0.25, -0.2) is 13.6 Å². The molecule has 114 valence electrons. The molecule has 0 atom stereocenters. The highest BCUT2D eigenvalue weighted by Crippen LogP contribution is 2.10. The van der Waals surface area contributed by atoms with Gasteiger partial charge < -0.3 is 5.11 Å². The van der Waals surface area contributed by atoms with Gasteiger partial charge in [-0.05, 0) is 31.4 Å². The van der Waals surface area contributed by atoms with Crippen LogP contribution in [0.3, 0.4) is 0 Å². The number of hydrazone groups is 1. The van der Waals surface area contributed by atoms with Crippen molar-refractivity contribution in [3.63, 3.8) is 0 Å². The number of anilines is 1. The first-order valence-corrected chi connectivity index (χ1v) is 8.20. The molecule has 20 heavy (non-hydrogen) atoms. The van der Waals surface area contributed by atoms with Crippen molar-refractivity contribution in [1.29, 1.82) is 0 Å². The molecule has 0 fully saturated rings. The third-order valence-electron chi connectivity index (χ3n) is 2.13. The molecule has 0 aliphatic rings. The van der Waals surface area contributed by atoms with Crippen molar-refractivity contribution in [1.82, 2.24) is 0 Å². The molecule has 0 heterocycles. The molecule has 0 aliphatic carbocycles. The van der Waals surface area contributed by atoms with Crippen LogP contribution in [0.1, 0.15) is 19.3 Å². The first-order chi connectivity index (χ1) is 9.34. The number of nitrogens with zero attached hydrogens (tertiary/aromatic N) is 2. The van der Waals surface area contributed by atoms with Crippen molar-refractivity contribution < 1.29 is 13.5 Å². The number of aliphatic hydroxyl groups is 1. The van der Waals surface area contributed by atoms with E-state index in [2.05, 4.69) is 10.2 Å². The lowest BCUT2D eigenvalue weighted by Gasteiger charge is -2.11. The molecular formula is C13H23N3O3S. The monoisotopic (exact) mass is 301 g/mol. The molecule has 0 amide bonds. The van der Waals surface area contributed by atoms with Crippen LogP contribution in [-0.2, 0) is 10.0 Å². The Hall–Kier alpha value is -1.44. The first-order valence-electron chi connectivity index (χ1n) is 6.24. The van der Waals surface area contributed by atoms with Gasteiger partial charge in [0.15, 0.2) is 0 Å². The molecule has 0 aromatic heterocycles. The summed E-state index contributed by atoms with van der Waals surface area (Å²) in [5.41, 5.74) is 1.08. The second kappa shape index (κ2) is 10.4.